The normalized spacial score (nSPS) is 12.9. The first kappa shape index (κ1) is 32.6. The van der Waals surface area contributed by atoms with Crippen molar-refractivity contribution in [2.24, 2.45) is 7.05 Å². The van der Waals surface area contributed by atoms with Crippen LogP contribution in [0.3, 0.4) is 0 Å². The van der Waals surface area contributed by atoms with Gasteiger partial charge >= 0.3 is 0 Å². The molecule has 0 amide bonds. The molecule has 0 radical (unpaired) electrons. The molecule has 262 valence electrons. The number of rotatable bonds is 3. The van der Waals surface area contributed by atoms with Gasteiger partial charge < -0.3 is 23.2 Å². The molecule has 0 aliphatic carbocycles. The number of benzene rings is 6. The van der Waals surface area contributed by atoms with Crippen molar-refractivity contribution in [1.82, 2.24) is 14.1 Å². The molecule has 0 unspecified atom stereocenters. The number of para-hydroxylation sites is 2. The number of pyridine rings is 1. The summed E-state index contributed by atoms with van der Waals surface area (Å²) in [5, 5.41) is 23.4. The van der Waals surface area contributed by atoms with Crippen LogP contribution in [0, 0.1) is 41.1 Å². The van der Waals surface area contributed by atoms with E-state index in [4.69, 9.17) is 9.47 Å². The van der Waals surface area contributed by atoms with Gasteiger partial charge in [-0.15, -0.1) is 35.2 Å². The van der Waals surface area contributed by atoms with Gasteiger partial charge in [0.1, 0.15) is 17.3 Å². The Hall–Kier alpha value is -6.99. The first-order chi connectivity index (χ1) is 26.6. The van der Waals surface area contributed by atoms with Crippen LogP contribution in [-0.4, -0.2) is 14.1 Å². The Morgan fingerprint density at radius 1 is 0.727 bits per heavy atom. The van der Waals surface area contributed by atoms with E-state index in [2.05, 4.69) is 64.4 Å². The number of hydrogen-bond acceptors (Lipinski definition) is 5. The van der Waals surface area contributed by atoms with Crippen molar-refractivity contribution >= 4 is 32.8 Å². The number of hydrogen-bond donors (Lipinski definition) is 0. The molecule has 8 nitrogen and oxygen atoms in total. The summed E-state index contributed by atoms with van der Waals surface area (Å²) in [6.07, 6.45) is 5.29. The fourth-order valence-electron chi connectivity index (χ4n) is 8.65. The molecule has 2 aliphatic rings. The fourth-order valence-corrected chi connectivity index (χ4v) is 8.65. The molecule has 5 heterocycles. The van der Waals surface area contributed by atoms with Crippen LogP contribution in [0.25, 0.3) is 44.3 Å². The molecule has 1 spiro atoms. The molecule has 0 bridgehead atoms. The number of ether oxygens (including phenoxy) is 2. The summed E-state index contributed by atoms with van der Waals surface area (Å²) in [4.78, 5) is 4.66. The van der Waals surface area contributed by atoms with Crippen LogP contribution in [0.1, 0.15) is 33.4 Å². The number of imidazole rings is 1. The van der Waals surface area contributed by atoms with Crippen LogP contribution in [0.2, 0.25) is 0 Å². The predicted molar refractivity (Wildman–Crippen MR) is 201 cm³/mol. The Bertz CT molecular complexity index is 3110. The molecule has 9 aromatic rings. The minimum absolute atomic E-state index is 0. The average molecular weight is 888 g/mol. The van der Waals surface area contributed by atoms with Crippen molar-refractivity contribution in [3.8, 4) is 46.6 Å². The molecule has 0 fully saturated rings. The van der Waals surface area contributed by atoms with E-state index in [0.717, 1.165) is 49.8 Å². The van der Waals surface area contributed by atoms with Crippen molar-refractivity contribution in [3.05, 3.63) is 179 Å². The van der Waals surface area contributed by atoms with Gasteiger partial charge in [-0.3, -0.25) is 0 Å². The summed E-state index contributed by atoms with van der Waals surface area (Å²) in [6, 6.07) is 51.2. The van der Waals surface area contributed by atoms with Crippen LogP contribution in [0.15, 0.2) is 128 Å². The maximum Gasteiger partial charge on any atom is 0.242 e. The third-order valence-corrected chi connectivity index (χ3v) is 10.7. The Morgan fingerprint density at radius 2 is 1.44 bits per heavy atom. The third-order valence-electron chi connectivity index (χ3n) is 10.7. The van der Waals surface area contributed by atoms with Crippen LogP contribution >= 0.6 is 0 Å². The summed E-state index contributed by atoms with van der Waals surface area (Å²) in [5.41, 5.74) is 7.21. The van der Waals surface area contributed by atoms with Gasteiger partial charge in [0, 0.05) is 60.8 Å². The average Bonchev–Trinajstić information content (AvgIpc) is 3.74. The van der Waals surface area contributed by atoms with E-state index in [1.165, 1.54) is 0 Å². The van der Waals surface area contributed by atoms with Gasteiger partial charge in [-0.1, -0.05) is 65.8 Å². The van der Waals surface area contributed by atoms with Crippen LogP contribution in [0.5, 0.6) is 23.0 Å². The molecular formula is C46H24N6O2Pt-2. The maximum atomic E-state index is 10.6. The Kier molecular flexibility index (Phi) is 7.13. The van der Waals surface area contributed by atoms with E-state index in [9.17, 15) is 10.5 Å². The van der Waals surface area contributed by atoms with E-state index in [-0.39, 0.29) is 21.1 Å². The molecule has 0 saturated heterocycles. The monoisotopic (exact) mass is 887 g/mol. The zero-order chi connectivity index (χ0) is 36.1. The smallest absolute Gasteiger partial charge is 0.242 e. The van der Waals surface area contributed by atoms with Gasteiger partial charge in [-0.05, 0) is 53.4 Å². The number of fused-ring (bicyclic) bond motifs is 11. The Labute approximate surface area is 329 Å². The number of aromatic nitrogens is 4. The molecule has 9 heteroatoms. The molecule has 6 aromatic carbocycles. The van der Waals surface area contributed by atoms with Gasteiger partial charge in [0.25, 0.3) is 0 Å². The largest absolute Gasteiger partial charge is 0.510 e. The topological polar surface area (TPSA) is 92.7 Å². The van der Waals surface area contributed by atoms with Crippen molar-refractivity contribution in [2.75, 3.05) is 0 Å². The van der Waals surface area contributed by atoms with E-state index in [1.54, 1.807) is 18.3 Å². The predicted octanol–water partition coefficient (Wildman–Crippen LogP) is 8.68. The zero-order valence-electron chi connectivity index (χ0n) is 28.9. The molecule has 0 atom stereocenters. The molecule has 55 heavy (non-hydrogen) atoms. The summed E-state index contributed by atoms with van der Waals surface area (Å²) in [6.45, 7) is 0. The summed E-state index contributed by atoms with van der Waals surface area (Å²) in [7, 11) is 1.96. The number of aryl methyl sites for hydroxylation is 1. The summed E-state index contributed by atoms with van der Waals surface area (Å²) >= 11 is 0. The molecule has 3 aromatic heterocycles. The van der Waals surface area contributed by atoms with E-state index in [1.807, 2.05) is 101 Å². The van der Waals surface area contributed by atoms with Gasteiger partial charge in [0.15, 0.2) is 0 Å². The zero-order valence-corrected chi connectivity index (χ0v) is 31.2. The van der Waals surface area contributed by atoms with Crippen molar-refractivity contribution in [3.63, 3.8) is 0 Å². The summed E-state index contributed by atoms with van der Waals surface area (Å²) < 4.78 is 19.2. The third kappa shape index (κ3) is 4.35. The Balaban J connectivity index is 0.00000372. The van der Waals surface area contributed by atoms with E-state index >= 15 is 0 Å². The van der Waals surface area contributed by atoms with Crippen molar-refractivity contribution < 1.29 is 35.1 Å². The van der Waals surface area contributed by atoms with Gasteiger partial charge in [0.2, 0.25) is 6.33 Å². The number of nitrogens with zero attached hydrogens (tertiary/aromatic N) is 6. The maximum absolute atomic E-state index is 10.6. The quantitative estimate of drug-likeness (QED) is 0.131. The number of nitriles is 2. The minimum Gasteiger partial charge on any atom is -0.510 e. The second kappa shape index (κ2) is 12.0. The second-order valence-electron chi connectivity index (χ2n) is 13.4. The minimum atomic E-state index is -1.12. The molecular weight excluding hydrogens is 864 g/mol. The molecule has 0 saturated carbocycles. The molecule has 11 rings (SSSR count). The Morgan fingerprint density at radius 3 is 2.18 bits per heavy atom. The second-order valence-corrected chi connectivity index (χ2v) is 13.4. The fraction of sp³-hybridized carbons (Fsp3) is 0.0435. The van der Waals surface area contributed by atoms with Crippen LogP contribution in [-0.2, 0) is 33.5 Å². The van der Waals surface area contributed by atoms with Gasteiger partial charge in [0.05, 0.1) is 41.3 Å². The van der Waals surface area contributed by atoms with Crippen molar-refractivity contribution in [1.29, 1.82) is 10.5 Å². The summed E-state index contributed by atoms with van der Waals surface area (Å²) in [5.74, 6) is 2.87. The van der Waals surface area contributed by atoms with Gasteiger partial charge in [-0.25, -0.2) is 4.98 Å². The van der Waals surface area contributed by atoms with Crippen LogP contribution < -0.4 is 14.0 Å². The first-order valence-electron chi connectivity index (χ1n) is 17.4. The standard InChI is InChI=1S/C46H24N6O2.Pt/c1-50-27-51-39-24-31(53-30-18-20-33-32-11-2-3-13-36(32)52(38(33)23-30)42-17-4-5-22-49-42)19-21-34(39)46(35-12-8-14-37(50)45(35)51)43-28(25-47)9-6-15-40(43)54-41-16-7-10-29(26-48)44(41)46;/h2-22H,1H3;/q-2;. The van der Waals surface area contributed by atoms with E-state index in [0.29, 0.717) is 50.9 Å². The van der Waals surface area contributed by atoms with Gasteiger partial charge in [-0.2, -0.15) is 22.7 Å². The molecule has 2 aliphatic heterocycles. The molecule has 0 N–H and O–H groups in total. The van der Waals surface area contributed by atoms with E-state index < -0.39 is 5.41 Å². The first-order valence-corrected chi connectivity index (χ1v) is 17.4. The SMILES string of the molecule is C[n+]1[c-]n2c3c(cccc31)C1(c3ccc(Oc4[c-]c5c(cc4)c4ccccc4n5-c4ccccn4)[c-]c3-2)c2c(C#N)cccc2Oc2cccc(C#N)c21.[Pt]. The van der Waals surface area contributed by atoms with Crippen LogP contribution in [0.4, 0.5) is 0 Å². The van der Waals surface area contributed by atoms with Crippen molar-refractivity contribution in [2.45, 2.75) is 5.41 Å².